The highest BCUT2D eigenvalue weighted by Crippen LogP contribution is 2.38. The summed E-state index contributed by atoms with van der Waals surface area (Å²) in [6.45, 7) is 7.56. The van der Waals surface area contributed by atoms with Crippen LogP contribution >= 0.6 is 0 Å². The third-order valence-electron chi connectivity index (χ3n) is 5.44. The van der Waals surface area contributed by atoms with Gasteiger partial charge < -0.3 is 14.5 Å². The van der Waals surface area contributed by atoms with Gasteiger partial charge in [0.15, 0.2) is 12.1 Å². The molecule has 0 radical (unpaired) electrons. The molecule has 1 amide bonds. The highest BCUT2D eigenvalue weighted by molar-refractivity contribution is 5.93. The summed E-state index contributed by atoms with van der Waals surface area (Å²) >= 11 is 0. The van der Waals surface area contributed by atoms with E-state index in [0.29, 0.717) is 17.9 Å². The summed E-state index contributed by atoms with van der Waals surface area (Å²) in [7, 11) is 0. The third-order valence-corrected chi connectivity index (χ3v) is 5.44. The Balaban J connectivity index is 1.74. The van der Waals surface area contributed by atoms with Gasteiger partial charge in [-0.05, 0) is 19.8 Å². The topological polar surface area (TPSA) is 67.6 Å². The zero-order valence-corrected chi connectivity index (χ0v) is 14.1. The number of hydrogen-bond donors (Lipinski definition) is 1. The van der Waals surface area contributed by atoms with Crippen molar-refractivity contribution in [2.45, 2.75) is 57.5 Å². The summed E-state index contributed by atoms with van der Waals surface area (Å²) in [5.41, 5.74) is 0.477. The monoisotopic (exact) mass is 321 g/mol. The fourth-order valence-corrected chi connectivity index (χ4v) is 4.12. The van der Waals surface area contributed by atoms with Gasteiger partial charge in [0.05, 0.1) is 13.2 Å². The van der Waals surface area contributed by atoms with Gasteiger partial charge in [0.2, 0.25) is 0 Å². The number of aromatic nitrogens is 1. The fourth-order valence-electron chi connectivity index (χ4n) is 4.12. The first-order chi connectivity index (χ1) is 11.2. The number of amides is 1. The van der Waals surface area contributed by atoms with Gasteiger partial charge >= 0.3 is 0 Å². The number of rotatable bonds is 5. The van der Waals surface area contributed by atoms with Crippen LogP contribution < -0.4 is 5.32 Å². The van der Waals surface area contributed by atoms with E-state index >= 15 is 0 Å². The van der Waals surface area contributed by atoms with Crippen LogP contribution in [-0.4, -0.2) is 53.7 Å². The molecule has 2 heterocycles. The van der Waals surface area contributed by atoms with Crippen molar-refractivity contribution in [2.75, 3.05) is 26.3 Å². The maximum Gasteiger partial charge on any atom is 0.273 e. The molecule has 23 heavy (non-hydrogen) atoms. The molecule has 0 bridgehead atoms. The van der Waals surface area contributed by atoms with Gasteiger partial charge in [0.1, 0.15) is 5.76 Å². The van der Waals surface area contributed by atoms with Crippen molar-refractivity contribution in [3.8, 4) is 0 Å². The van der Waals surface area contributed by atoms with Gasteiger partial charge in [-0.25, -0.2) is 4.98 Å². The molecule has 1 aliphatic heterocycles. The average molecular weight is 321 g/mol. The Bertz CT molecular complexity index is 531. The minimum Gasteiger partial charge on any atom is -0.448 e. The molecule has 1 aromatic rings. The van der Waals surface area contributed by atoms with Crippen LogP contribution in [0.5, 0.6) is 0 Å². The maximum atomic E-state index is 12.6. The van der Waals surface area contributed by atoms with Crippen molar-refractivity contribution in [1.82, 2.24) is 15.2 Å². The largest absolute Gasteiger partial charge is 0.448 e. The molecule has 1 saturated carbocycles. The van der Waals surface area contributed by atoms with E-state index in [-0.39, 0.29) is 17.5 Å². The van der Waals surface area contributed by atoms with E-state index in [1.165, 1.54) is 19.2 Å². The van der Waals surface area contributed by atoms with E-state index < -0.39 is 0 Å². The van der Waals surface area contributed by atoms with E-state index in [1.54, 1.807) is 0 Å². The van der Waals surface area contributed by atoms with Crippen molar-refractivity contribution in [1.29, 1.82) is 0 Å². The number of aryl methyl sites for hydroxylation is 1. The van der Waals surface area contributed by atoms with Gasteiger partial charge in [-0.2, -0.15) is 0 Å². The number of morpholine rings is 1. The van der Waals surface area contributed by atoms with Crippen LogP contribution in [0.1, 0.15) is 55.8 Å². The summed E-state index contributed by atoms with van der Waals surface area (Å²) in [4.78, 5) is 19.2. The lowest BCUT2D eigenvalue weighted by atomic mass is 9.86. The standard InChI is InChI=1S/C17H27N3O3/c1-3-14-15(18-12-23-14)16(21)19-13(2)17(6-4-5-7-17)20-8-10-22-11-9-20/h12-13H,3-11H2,1-2H3,(H,19,21)/t13-/m1/s1. The van der Waals surface area contributed by atoms with E-state index in [2.05, 4.69) is 22.1 Å². The first-order valence-electron chi connectivity index (χ1n) is 8.73. The molecule has 0 aromatic carbocycles. The molecule has 0 spiro atoms. The highest BCUT2D eigenvalue weighted by Gasteiger charge is 2.45. The predicted molar refractivity (Wildman–Crippen MR) is 86.4 cm³/mol. The quantitative estimate of drug-likeness (QED) is 0.898. The number of nitrogens with one attached hydrogen (secondary N) is 1. The predicted octanol–water partition coefficient (Wildman–Crippen LogP) is 2.00. The molecular weight excluding hydrogens is 294 g/mol. The Morgan fingerprint density at radius 1 is 1.39 bits per heavy atom. The van der Waals surface area contributed by atoms with Crippen molar-refractivity contribution < 1.29 is 13.9 Å². The fraction of sp³-hybridized carbons (Fsp3) is 0.765. The molecule has 2 aliphatic rings. The second kappa shape index (κ2) is 7.01. The molecule has 1 N–H and O–H groups in total. The molecule has 2 fully saturated rings. The molecule has 6 heteroatoms. The number of hydrogen-bond acceptors (Lipinski definition) is 5. The SMILES string of the molecule is CCc1ocnc1C(=O)N[C@H](C)C1(N2CCOCC2)CCCC1. The Kier molecular flexibility index (Phi) is 5.02. The summed E-state index contributed by atoms with van der Waals surface area (Å²) in [5, 5.41) is 3.19. The molecule has 0 unspecified atom stereocenters. The van der Waals surface area contributed by atoms with Gasteiger partial charge in [-0.3, -0.25) is 9.69 Å². The molecule has 3 rings (SSSR count). The minimum atomic E-state index is -0.123. The first kappa shape index (κ1) is 16.5. The second-order valence-corrected chi connectivity index (χ2v) is 6.58. The minimum absolute atomic E-state index is 0.0511. The molecule has 1 saturated heterocycles. The maximum absolute atomic E-state index is 12.6. The molecule has 1 atom stereocenters. The van der Waals surface area contributed by atoms with Gasteiger partial charge in [-0.15, -0.1) is 0 Å². The lowest BCUT2D eigenvalue weighted by molar-refractivity contribution is -0.0323. The number of carbonyl (C=O) groups excluding carboxylic acids is 1. The highest BCUT2D eigenvalue weighted by atomic mass is 16.5. The Morgan fingerprint density at radius 2 is 2.09 bits per heavy atom. The average Bonchev–Trinajstić information content (AvgIpc) is 3.25. The van der Waals surface area contributed by atoms with Crippen LogP contribution in [0.4, 0.5) is 0 Å². The van der Waals surface area contributed by atoms with Gasteiger partial charge in [0.25, 0.3) is 5.91 Å². The smallest absolute Gasteiger partial charge is 0.273 e. The van der Waals surface area contributed by atoms with Crippen molar-refractivity contribution in [3.63, 3.8) is 0 Å². The Labute approximate surface area is 137 Å². The number of carbonyl (C=O) groups is 1. The summed E-state index contributed by atoms with van der Waals surface area (Å²) in [5.74, 6) is 0.532. The third kappa shape index (κ3) is 3.15. The number of nitrogens with zero attached hydrogens (tertiary/aromatic N) is 2. The molecule has 128 valence electrons. The molecule has 6 nitrogen and oxygen atoms in total. The van der Waals surface area contributed by atoms with Crippen LogP contribution in [0.15, 0.2) is 10.8 Å². The summed E-state index contributed by atoms with van der Waals surface area (Å²) in [6, 6.07) is 0.0806. The van der Waals surface area contributed by atoms with Gasteiger partial charge in [-0.1, -0.05) is 19.8 Å². The van der Waals surface area contributed by atoms with Crippen molar-refractivity contribution in [2.24, 2.45) is 0 Å². The van der Waals surface area contributed by atoms with E-state index in [4.69, 9.17) is 9.15 Å². The summed E-state index contributed by atoms with van der Waals surface area (Å²) in [6.07, 6.45) is 6.74. The molecule has 1 aromatic heterocycles. The van der Waals surface area contributed by atoms with Crippen LogP contribution in [0.2, 0.25) is 0 Å². The van der Waals surface area contributed by atoms with Crippen LogP contribution in [-0.2, 0) is 11.2 Å². The van der Waals surface area contributed by atoms with Crippen LogP contribution in [0.25, 0.3) is 0 Å². The van der Waals surface area contributed by atoms with Crippen LogP contribution in [0.3, 0.4) is 0 Å². The zero-order valence-electron chi connectivity index (χ0n) is 14.1. The number of ether oxygens (including phenoxy) is 1. The number of oxazole rings is 1. The second-order valence-electron chi connectivity index (χ2n) is 6.58. The normalized spacial score (nSPS) is 22.9. The van der Waals surface area contributed by atoms with Crippen molar-refractivity contribution in [3.05, 3.63) is 17.8 Å². The zero-order chi connectivity index (χ0) is 16.3. The van der Waals surface area contributed by atoms with Crippen LogP contribution in [0, 0.1) is 0 Å². The van der Waals surface area contributed by atoms with Gasteiger partial charge in [0, 0.05) is 31.1 Å². The summed E-state index contributed by atoms with van der Waals surface area (Å²) < 4.78 is 10.8. The Morgan fingerprint density at radius 3 is 2.74 bits per heavy atom. The van der Waals surface area contributed by atoms with E-state index in [9.17, 15) is 4.79 Å². The molecular formula is C17H27N3O3. The van der Waals surface area contributed by atoms with E-state index in [1.807, 2.05) is 6.92 Å². The Hall–Kier alpha value is -1.40. The van der Waals surface area contributed by atoms with E-state index in [0.717, 1.165) is 39.1 Å². The lowest BCUT2D eigenvalue weighted by Crippen LogP contribution is -2.62. The lowest BCUT2D eigenvalue weighted by Gasteiger charge is -2.47. The first-order valence-corrected chi connectivity index (χ1v) is 8.73. The van der Waals surface area contributed by atoms with Crippen molar-refractivity contribution >= 4 is 5.91 Å². The molecule has 1 aliphatic carbocycles.